The van der Waals surface area contributed by atoms with Gasteiger partial charge in [-0.05, 0) is 18.6 Å². The average molecular weight is 291 g/mol. The Morgan fingerprint density at radius 1 is 1.14 bits per heavy atom. The summed E-state index contributed by atoms with van der Waals surface area (Å²) < 4.78 is 7.29. The molecule has 0 bridgehead atoms. The van der Waals surface area contributed by atoms with E-state index >= 15 is 0 Å². The van der Waals surface area contributed by atoms with E-state index in [-0.39, 0.29) is 5.95 Å². The van der Waals surface area contributed by atoms with E-state index in [2.05, 4.69) is 27.9 Å². The number of nitrogens with two attached hydrogens (primary N) is 1. The lowest BCUT2D eigenvalue weighted by Gasteiger charge is -2.06. The van der Waals surface area contributed by atoms with Gasteiger partial charge in [-0.1, -0.05) is 24.3 Å². The van der Waals surface area contributed by atoms with Crippen LogP contribution in [0, 0.1) is 6.92 Å². The van der Waals surface area contributed by atoms with Crippen LogP contribution in [-0.4, -0.2) is 19.4 Å². The Labute approximate surface area is 126 Å². The molecule has 0 radical (unpaired) electrons. The fourth-order valence-electron chi connectivity index (χ4n) is 2.56. The zero-order chi connectivity index (χ0) is 15.1. The minimum Gasteiger partial charge on any atom is -0.432 e. The third-order valence-electron chi connectivity index (χ3n) is 3.58. The van der Waals surface area contributed by atoms with Gasteiger partial charge in [0.1, 0.15) is 17.7 Å². The van der Waals surface area contributed by atoms with Crippen molar-refractivity contribution >= 4 is 11.8 Å². The summed E-state index contributed by atoms with van der Waals surface area (Å²) in [7, 11) is 0. The highest BCUT2D eigenvalue weighted by Gasteiger charge is 2.19. The Morgan fingerprint density at radius 2 is 2.00 bits per heavy atom. The summed E-state index contributed by atoms with van der Waals surface area (Å²) in [6.07, 6.45) is 5.05. The molecule has 0 saturated carbocycles. The molecular weight excluding hydrogens is 278 g/mol. The number of fused-ring (bicyclic) bond motifs is 1. The molecule has 0 atom stereocenters. The highest BCUT2D eigenvalue weighted by molar-refractivity contribution is 5.81. The minimum absolute atomic E-state index is 0.228. The summed E-state index contributed by atoms with van der Waals surface area (Å²) in [6.45, 7) is 2.05. The first-order valence-corrected chi connectivity index (χ1v) is 6.84. The molecule has 6 nitrogen and oxygen atoms in total. The molecule has 108 valence electrons. The third-order valence-corrected chi connectivity index (χ3v) is 3.58. The number of aromatic nitrogens is 4. The van der Waals surface area contributed by atoms with Gasteiger partial charge in [-0.25, -0.2) is 9.97 Å². The van der Waals surface area contributed by atoms with Crippen LogP contribution < -0.4 is 5.73 Å². The van der Waals surface area contributed by atoms with Crippen LogP contribution in [0.1, 0.15) is 5.56 Å². The summed E-state index contributed by atoms with van der Waals surface area (Å²) >= 11 is 0. The Morgan fingerprint density at radius 3 is 2.82 bits per heavy atom. The highest BCUT2D eigenvalue weighted by Crippen LogP contribution is 2.33. The molecule has 0 fully saturated rings. The van der Waals surface area contributed by atoms with Crippen molar-refractivity contribution in [3.63, 3.8) is 0 Å². The molecule has 0 unspecified atom stereocenters. The molecular formula is C16H13N5O. The van der Waals surface area contributed by atoms with Gasteiger partial charge in [0, 0.05) is 18.0 Å². The number of imidazole rings is 1. The fourth-order valence-corrected chi connectivity index (χ4v) is 2.56. The van der Waals surface area contributed by atoms with Crippen molar-refractivity contribution in [1.29, 1.82) is 0 Å². The van der Waals surface area contributed by atoms with E-state index in [1.165, 1.54) is 0 Å². The van der Waals surface area contributed by atoms with Crippen molar-refractivity contribution in [2.24, 2.45) is 0 Å². The highest BCUT2D eigenvalue weighted by atomic mass is 16.3. The normalized spacial score (nSPS) is 11.1. The lowest BCUT2D eigenvalue weighted by Crippen LogP contribution is -1.97. The summed E-state index contributed by atoms with van der Waals surface area (Å²) in [5.74, 6) is 0.747. The van der Waals surface area contributed by atoms with Crippen LogP contribution in [0.2, 0.25) is 0 Å². The maximum absolute atomic E-state index is 5.73. The van der Waals surface area contributed by atoms with Gasteiger partial charge in [0.15, 0.2) is 0 Å². The molecule has 0 saturated heterocycles. The smallest absolute Gasteiger partial charge is 0.306 e. The molecule has 3 aromatic heterocycles. The lowest BCUT2D eigenvalue weighted by atomic mass is 10.0. The van der Waals surface area contributed by atoms with Crippen molar-refractivity contribution in [3.8, 4) is 22.6 Å². The second-order valence-electron chi connectivity index (χ2n) is 4.98. The fraction of sp³-hybridized carbons (Fsp3) is 0.0625. The van der Waals surface area contributed by atoms with E-state index in [1.54, 1.807) is 12.5 Å². The Kier molecular flexibility index (Phi) is 2.69. The number of rotatable bonds is 2. The zero-order valence-electron chi connectivity index (χ0n) is 11.9. The maximum Gasteiger partial charge on any atom is 0.306 e. The largest absolute Gasteiger partial charge is 0.432 e. The monoisotopic (exact) mass is 291 g/mol. The van der Waals surface area contributed by atoms with Gasteiger partial charge < -0.3 is 10.2 Å². The first-order valence-electron chi connectivity index (χ1n) is 6.84. The van der Waals surface area contributed by atoms with E-state index in [0.717, 1.165) is 22.5 Å². The number of aryl methyl sites for hydroxylation is 1. The number of oxazole rings is 1. The van der Waals surface area contributed by atoms with Crippen molar-refractivity contribution in [1.82, 2.24) is 19.4 Å². The first kappa shape index (κ1) is 12.6. The zero-order valence-corrected chi connectivity index (χ0v) is 11.9. The van der Waals surface area contributed by atoms with E-state index in [0.29, 0.717) is 11.5 Å². The van der Waals surface area contributed by atoms with Crippen molar-refractivity contribution in [2.75, 3.05) is 5.73 Å². The number of anilines is 1. The second kappa shape index (κ2) is 4.70. The SMILES string of the molecule is Cc1ccccc1-c1nc2occn2c1-c1ccnc(N)n1. The Hall–Kier alpha value is -3.15. The van der Waals surface area contributed by atoms with Crippen molar-refractivity contribution in [3.05, 3.63) is 54.6 Å². The maximum atomic E-state index is 5.73. The van der Waals surface area contributed by atoms with Gasteiger partial charge >= 0.3 is 5.84 Å². The lowest BCUT2D eigenvalue weighted by molar-refractivity contribution is 0.596. The van der Waals surface area contributed by atoms with Gasteiger partial charge in [0.25, 0.3) is 0 Å². The van der Waals surface area contributed by atoms with Crippen LogP contribution >= 0.6 is 0 Å². The minimum atomic E-state index is 0.228. The van der Waals surface area contributed by atoms with Crippen LogP contribution in [0.15, 0.2) is 53.4 Å². The third kappa shape index (κ3) is 1.85. The predicted molar refractivity (Wildman–Crippen MR) is 83.1 cm³/mol. The molecule has 0 aliphatic carbocycles. The van der Waals surface area contributed by atoms with Crippen LogP contribution in [0.5, 0.6) is 0 Å². The van der Waals surface area contributed by atoms with E-state index in [4.69, 9.17) is 10.2 Å². The van der Waals surface area contributed by atoms with E-state index < -0.39 is 0 Å². The number of nitrogen functional groups attached to an aromatic ring is 1. The van der Waals surface area contributed by atoms with E-state index in [9.17, 15) is 0 Å². The number of nitrogens with zero attached hydrogens (tertiary/aromatic N) is 4. The molecule has 0 aliphatic rings. The molecule has 0 aliphatic heterocycles. The molecule has 3 heterocycles. The quantitative estimate of drug-likeness (QED) is 0.614. The molecule has 4 rings (SSSR count). The Balaban J connectivity index is 2.06. The van der Waals surface area contributed by atoms with Gasteiger partial charge in [0.05, 0.1) is 5.69 Å². The number of benzene rings is 1. The summed E-state index contributed by atoms with van der Waals surface area (Å²) in [4.78, 5) is 12.9. The van der Waals surface area contributed by atoms with Crippen LogP contribution in [0.4, 0.5) is 5.95 Å². The molecule has 0 spiro atoms. The van der Waals surface area contributed by atoms with Crippen LogP contribution in [0.3, 0.4) is 0 Å². The van der Waals surface area contributed by atoms with Gasteiger partial charge in [-0.2, -0.15) is 4.98 Å². The summed E-state index contributed by atoms with van der Waals surface area (Å²) in [6, 6.07) is 9.89. The standard InChI is InChI=1S/C16H13N5O/c1-10-4-2-3-5-11(10)13-14(12-6-7-18-15(17)19-12)21-8-9-22-16(21)20-13/h2-9H,1H3,(H2,17,18,19). The Bertz CT molecular complexity index is 970. The molecule has 22 heavy (non-hydrogen) atoms. The summed E-state index contributed by atoms with van der Waals surface area (Å²) in [5, 5.41) is 0. The molecule has 6 heteroatoms. The summed E-state index contributed by atoms with van der Waals surface area (Å²) in [5.41, 5.74) is 10.3. The molecule has 0 amide bonds. The second-order valence-corrected chi connectivity index (χ2v) is 4.98. The number of hydrogen-bond acceptors (Lipinski definition) is 5. The van der Waals surface area contributed by atoms with Crippen LogP contribution in [0.25, 0.3) is 28.5 Å². The van der Waals surface area contributed by atoms with Gasteiger partial charge in [-0.15, -0.1) is 0 Å². The first-order chi connectivity index (χ1) is 10.7. The van der Waals surface area contributed by atoms with E-state index in [1.807, 2.05) is 34.9 Å². The average Bonchev–Trinajstić information content (AvgIpc) is 3.08. The topological polar surface area (TPSA) is 82.2 Å². The van der Waals surface area contributed by atoms with Crippen molar-refractivity contribution < 1.29 is 4.42 Å². The predicted octanol–water partition coefficient (Wildman–Crippen LogP) is 2.94. The van der Waals surface area contributed by atoms with Crippen molar-refractivity contribution in [2.45, 2.75) is 6.92 Å². The van der Waals surface area contributed by atoms with Gasteiger partial charge in [-0.3, -0.25) is 4.40 Å². The number of hydrogen-bond donors (Lipinski definition) is 1. The molecule has 4 aromatic rings. The van der Waals surface area contributed by atoms with Crippen LogP contribution in [-0.2, 0) is 0 Å². The molecule has 2 N–H and O–H groups in total. The molecule has 1 aromatic carbocycles. The van der Waals surface area contributed by atoms with Gasteiger partial charge in [0.2, 0.25) is 5.95 Å².